The Morgan fingerprint density at radius 2 is 1.70 bits per heavy atom. The van der Waals surface area contributed by atoms with E-state index in [2.05, 4.69) is 53.7 Å². The molecule has 5 rings (SSSR count). The Hall–Kier alpha value is -1.71. The van der Waals surface area contributed by atoms with Gasteiger partial charge in [0.1, 0.15) is 5.78 Å². The molecule has 0 N–H and O–H groups in total. The minimum Gasteiger partial charge on any atom is -0.463 e. The van der Waals surface area contributed by atoms with Crippen LogP contribution < -0.4 is 0 Å². The highest BCUT2D eigenvalue weighted by Gasteiger charge is 2.68. The smallest absolute Gasteiger partial charge is 0.330 e. The number of hydrogen-bond acceptors (Lipinski definition) is 4. The van der Waals surface area contributed by atoms with Crippen LogP contribution in [-0.2, 0) is 19.1 Å². The standard InChI is InChI=1S/C33H48O4/c1-8-37-27(36)11-14-33-17-15-29(3,4)20-23(33)28-25(35)19-26-30(5)12-10-24(34)21(2)22(30)9-13-31(26,6)32(28,7)16-18-33/h11,14,19,21-23,28H,8-10,12-13,15-18,20H2,1-7H3/b14-11+/t21-,22-,23-,28-,30-,31+,32+,33+/m0/s1. The fourth-order valence-electron chi connectivity index (χ4n) is 10.2. The molecule has 5 aliphatic carbocycles. The first-order chi connectivity index (χ1) is 17.2. The van der Waals surface area contributed by atoms with E-state index in [0.717, 1.165) is 51.4 Å². The predicted molar refractivity (Wildman–Crippen MR) is 146 cm³/mol. The quantitative estimate of drug-likeness (QED) is 0.297. The lowest BCUT2D eigenvalue weighted by Gasteiger charge is -2.69. The van der Waals surface area contributed by atoms with Crippen molar-refractivity contribution < 1.29 is 19.1 Å². The van der Waals surface area contributed by atoms with E-state index < -0.39 is 0 Å². The maximum atomic E-state index is 14.4. The van der Waals surface area contributed by atoms with E-state index in [0.29, 0.717) is 30.5 Å². The summed E-state index contributed by atoms with van der Waals surface area (Å²) >= 11 is 0. The monoisotopic (exact) mass is 508 g/mol. The average molecular weight is 509 g/mol. The molecule has 4 fully saturated rings. The molecule has 4 nitrogen and oxygen atoms in total. The maximum Gasteiger partial charge on any atom is 0.330 e. The Morgan fingerprint density at radius 1 is 1.00 bits per heavy atom. The topological polar surface area (TPSA) is 60.4 Å². The number of esters is 1. The summed E-state index contributed by atoms with van der Waals surface area (Å²) in [6, 6.07) is 0. The molecular weight excluding hydrogens is 460 g/mol. The lowest BCUT2D eigenvalue weighted by atomic mass is 9.34. The van der Waals surface area contributed by atoms with E-state index >= 15 is 0 Å². The molecule has 0 unspecified atom stereocenters. The van der Waals surface area contributed by atoms with E-state index in [1.807, 2.05) is 6.92 Å². The molecule has 8 atom stereocenters. The molecule has 4 saturated carbocycles. The third-order valence-corrected chi connectivity index (χ3v) is 12.7. The van der Waals surface area contributed by atoms with Gasteiger partial charge in [-0.15, -0.1) is 0 Å². The lowest BCUT2D eigenvalue weighted by molar-refractivity contribution is -0.165. The minimum absolute atomic E-state index is 0.0378. The van der Waals surface area contributed by atoms with Crippen LogP contribution in [0.25, 0.3) is 0 Å². The van der Waals surface area contributed by atoms with Crippen LogP contribution in [0.4, 0.5) is 0 Å². The third-order valence-electron chi connectivity index (χ3n) is 12.7. The van der Waals surface area contributed by atoms with Gasteiger partial charge in [0.15, 0.2) is 5.78 Å². The second-order valence-corrected chi connectivity index (χ2v) is 14.8. The van der Waals surface area contributed by atoms with Crippen molar-refractivity contribution in [1.82, 2.24) is 0 Å². The Morgan fingerprint density at radius 3 is 2.41 bits per heavy atom. The van der Waals surface area contributed by atoms with Crippen LogP contribution in [-0.4, -0.2) is 24.1 Å². The first-order valence-corrected chi connectivity index (χ1v) is 14.9. The molecule has 0 spiro atoms. The minimum atomic E-state index is -0.273. The highest BCUT2D eigenvalue weighted by molar-refractivity contribution is 5.96. The highest BCUT2D eigenvalue weighted by Crippen LogP contribution is 2.74. The lowest BCUT2D eigenvalue weighted by Crippen LogP contribution is -2.64. The summed E-state index contributed by atoms with van der Waals surface area (Å²) in [6.07, 6.45) is 14.7. The molecule has 0 aliphatic heterocycles. The van der Waals surface area contributed by atoms with Crippen LogP contribution in [0.3, 0.4) is 0 Å². The van der Waals surface area contributed by atoms with Gasteiger partial charge in [-0.1, -0.05) is 53.2 Å². The molecule has 0 aromatic rings. The van der Waals surface area contributed by atoms with Gasteiger partial charge in [-0.2, -0.15) is 0 Å². The predicted octanol–water partition coefficient (Wildman–Crippen LogP) is 7.27. The Balaban J connectivity index is 1.60. The first kappa shape index (κ1) is 26.9. The number of fused-ring (bicyclic) bond motifs is 7. The molecule has 5 aliphatic rings. The number of allylic oxidation sites excluding steroid dienone is 3. The van der Waals surface area contributed by atoms with Gasteiger partial charge in [0.25, 0.3) is 0 Å². The van der Waals surface area contributed by atoms with E-state index in [1.54, 1.807) is 6.08 Å². The Kier molecular flexibility index (Phi) is 6.28. The van der Waals surface area contributed by atoms with E-state index in [9.17, 15) is 14.4 Å². The average Bonchev–Trinajstić information content (AvgIpc) is 2.82. The zero-order valence-electron chi connectivity index (χ0n) is 24.2. The molecule has 0 saturated heterocycles. The third kappa shape index (κ3) is 3.78. The zero-order chi connectivity index (χ0) is 27.0. The van der Waals surface area contributed by atoms with Gasteiger partial charge in [-0.05, 0) is 103 Å². The summed E-state index contributed by atoms with van der Waals surface area (Å²) in [5.74, 6) is 1.03. The van der Waals surface area contributed by atoms with Crippen LogP contribution in [0.5, 0.6) is 0 Å². The van der Waals surface area contributed by atoms with Crippen LogP contribution in [0.1, 0.15) is 106 Å². The fraction of sp³-hybridized carbons (Fsp3) is 0.788. The van der Waals surface area contributed by atoms with Crippen molar-refractivity contribution >= 4 is 17.5 Å². The van der Waals surface area contributed by atoms with Gasteiger partial charge in [0.2, 0.25) is 0 Å². The second kappa shape index (κ2) is 8.65. The van der Waals surface area contributed by atoms with Crippen molar-refractivity contribution in [2.45, 2.75) is 106 Å². The molecule has 4 heteroatoms. The van der Waals surface area contributed by atoms with Gasteiger partial charge in [0, 0.05) is 24.3 Å². The van der Waals surface area contributed by atoms with Crippen molar-refractivity contribution in [3.05, 3.63) is 23.8 Å². The van der Waals surface area contributed by atoms with E-state index in [4.69, 9.17) is 4.74 Å². The molecule has 0 radical (unpaired) electrons. The molecule has 204 valence electrons. The summed E-state index contributed by atoms with van der Waals surface area (Å²) in [4.78, 5) is 39.4. The summed E-state index contributed by atoms with van der Waals surface area (Å²) in [7, 11) is 0. The van der Waals surface area contributed by atoms with Gasteiger partial charge in [0.05, 0.1) is 6.61 Å². The summed E-state index contributed by atoms with van der Waals surface area (Å²) in [5, 5.41) is 0. The highest BCUT2D eigenvalue weighted by atomic mass is 16.5. The summed E-state index contributed by atoms with van der Waals surface area (Å²) in [5.41, 5.74) is 1.16. The zero-order valence-corrected chi connectivity index (χ0v) is 24.2. The number of ether oxygens (including phenoxy) is 1. The molecular formula is C33H48O4. The fourth-order valence-corrected chi connectivity index (χ4v) is 10.2. The molecule has 37 heavy (non-hydrogen) atoms. The molecule has 0 heterocycles. The van der Waals surface area contributed by atoms with Crippen molar-refractivity contribution in [3.63, 3.8) is 0 Å². The maximum absolute atomic E-state index is 14.4. The number of hydrogen-bond donors (Lipinski definition) is 0. The second-order valence-electron chi connectivity index (χ2n) is 14.8. The largest absolute Gasteiger partial charge is 0.463 e. The Bertz CT molecular complexity index is 1070. The summed E-state index contributed by atoms with van der Waals surface area (Å²) in [6.45, 7) is 16.3. The molecule has 0 aromatic carbocycles. The molecule has 0 bridgehead atoms. The van der Waals surface area contributed by atoms with Crippen molar-refractivity contribution in [3.8, 4) is 0 Å². The van der Waals surface area contributed by atoms with E-state index in [-0.39, 0.29) is 50.8 Å². The van der Waals surface area contributed by atoms with Crippen LogP contribution in [0, 0.1) is 50.7 Å². The summed E-state index contributed by atoms with van der Waals surface area (Å²) < 4.78 is 5.24. The van der Waals surface area contributed by atoms with Crippen molar-refractivity contribution in [1.29, 1.82) is 0 Å². The normalized spacial score (nSPS) is 46.8. The molecule has 0 aromatic heterocycles. The number of rotatable bonds is 3. The number of carbonyl (C=O) groups is 3. The van der Waals surface area contributed by atoms with Gasteiger partial charge in [-0.25, -0.2) is 4.79 Å². The van der Waals surface area contributed by atoms with Gasteiger partial charge >= 0.3 is 5.97 Å². The van der Waals surface area contributed by atoms with Crippen molar-refractivity contribution in [2.75, 3.05) is 6.61 Å². The number of carbonyl (C=O) groups excluding carboxylic acids is 3. The van der Waals surface area contributed by atoms with E-state index in [1.165, 1.54) is 5.57 Å². The van der Waals surface area contributed by atoms with Gasteiger partial charge in [-0.3, -0.25) is 9.59 Å². The SMILES string of the molecule is CCOC(=O)/C=C/[C@]12CCC(C)(C)C[C@H]1[C@H]1C(=O)C=C3[C@@]4(C)CCC(=O)[C@@H](C)[C@@H]4CC[C@@]3(C)[C@]1(C)CC2. The van der Waals surface area contributed by atoms with Gasteiger partial charge < -0.3 is 4.74 Å². The van der Waals surface area contributed by atoms with Crippen LogP contribution in [0.15, 0.2) is 23.8 Å². The van der Waals surface area contributed by atoms with Crippen molar-refractivity contribution in [2.24, 2.45) is 50.7 Å². The van der Waals surface area contributed by atoms with Crippen LogP contribution in [0.2, 0.25) is 0 Å². The number of Topliss-reactive ketones (excluding diaryl/α,β-unsaturated/α-hetero) is 1. The first-order valence-electron chi connectivity index (χ1n) is 14.9. The number of ketones is 2. The Labute approximate surface area is 224 Å². The van der Waals surface area contributed by atoms with Crippen LogP contribution >= 0.6 is 0 Å². The molecule has 0 amide bonds.